The molecule has 1 amide bonds. The maximum Gasteiger partial charge on any atom is 0.244 e. The van der Waals surface area contributed by atoms with Crippen molar-refractivity contribution in [3.05, 3.63) is 42.6 Å². The van der Waals surface area contributed by atoms with Crippen LogP contribution in [0.1, 0.15) is 36.8 Å². The molecule has 1 aliphatic rings. The van der Waals surface area contributed by atoms with Crippen LogP contribution in [-0.2, 0) is 25.9 Å². The molecule has 0 bridgehead atoms. The Morgan fingerprint density at radius 3 is 2.26 bits per heavy atom. The SMILES string of the molecule is [CH2-]CCN(C)C1(C(=O)Nc2c(C)cc(Cl)cc2C)CCC1.[CH3-].[W]. The Hall–Kier alpha value is -0.372. The summed E-state index contributed by atoms with van der Waals surface area (Å²) in [4.78, 5) is 15.0. The molecule has 0 radical (unpaired) electrons. The van der Waals surface area contributed by atoms with Crippen LogP contribution in [0.4, 0.5) is 5.69 Å². The summed E-state index contributed by atoms with van der Waals surface area (Å²) in [5.41, 5.74) is 2.53. The summed E-state index contributed by atoms with van der Waals surface area (Å²) in [6.45, 7) is 8.68. The van der Waals surface area contributed by atoms with Gasteiger partial charge in [-0.2, -0.15) is 6.42 Å². The van der Waals surface area contributed by atoms with Crippen molar-refractivity contribution >= 4 is 23.2 Å². The van der Waals surface area contributed by atoms with Gasteiger partial charge in [0.25, 0.3) is 0 Å². The van der Waals surface area contributed by atoms with E-state index in [0.29, 0.717) is 5.02 Å². The number of likely N-dealkylation sites (N-methyl/N-ethyl adjacent to an activating group) is 1. The standard InChI is InChI=1S/C17H24ClN2O.CH3.W/c1-5-9-20(4)17(7-6-8-17)16(21)19-15-12(2)10-14(18)11-13(15)3;;/h10-11H,1,5-9H2,2-4H3,(H,19,21);1H3;/q2*-1;. The van der Waals surface area contributed by atoms with E-state index in [4.69, 9.17) is 11.6 Å². The second-order valence-electron chi connectivity index (χ2n) is 6.03. The minimum absolute atomic E-state index is 0. The average molecular weight is 507 g/mol. The molecule has 3 nitrogen and oxygen atoms in total. The third kappa shape index (κ3) is 4.59. The Bertz CT molecular complexity index is 521. The van der Waals surface area contributed by atoms with Gasteiger partial charge in [0.15, 0.2) is 0 Å². The van der Waals surface area contributed by atoms with E-state index in [1.54, 1.807) is 0 Å². The van der Waals surface area contributed by atoms with E-state index in [1.165, 1.54) is 0 Å². The van der Waals surface area contributed by atoms with Crippen LogP contribution >= 0.6 is 11.6 Å². The first-order chi connectivity index (χ1) is 9.90. The summed E-state index contributed by atoms with van der Waals surface area (Å²) in [6.07, 6.45) is 3.75. The number of nitrogens with zero attached hydrogens (tertiary/aromatic N) is 1. The minimum atomic E-state index is -0.365. The van der Waals surface area contributed by atoms with E-state index in [0.717, 1.165) is 49.0 Å². The van der Waals surface area contributed by atoms with Crippen LogP contribution in [-0.4, -0.2) is 29.9 Å². The van der Waals surface area contributed by atoms with Gasteiger partial charge in [-0.1, -0.05) is 11.6 Å². The summed E-state index contributed by atoms with van der Waals surface area (Å²) in [5.74, 6) is 0.0956. The molecule has 1 aromatic rings. The van der Waals surface area contributed by atoms with Crippen LogP contribution in [0.15, 0.2) is 12.1 Å². The van der Waals surface area contributed by atoms with Crippen LogP contribution in [0.2, 0.25) is 5.02 Å². The molecule has 5 heteroatoms. The minimum Gasteiger partial charge on any atom is -0.358 e. The number of hydrogen-bond donors (Lipinski definition) is 1. The third-order valence-corrected chi connectivity index (χ3v) is 4.78. The predicted molar refractivity (Wildman–Crippen MR) is 95.2 cm³/mol. The fourth-order valence-corrected chi connectivity index (χ4v) is 3.41. The molecule has 0 heterocycles. The Labute approximate surface area is 160 Å². The van der Waals surface area contributed by atoms with Crippen molar-refractivity contribution in [2.24, 2.45) is 0 Å². The van der Waals surface area contributed by atoms with Crippen LogP contribution in [0.5, 0.6) is 0 Å². The second-order valence-corrected chi connectivity index (χ2v) is 6.47. The Morgan fingerprint density at radius 1 is 1.35 bits per heavy atom. The molecular formula is C18H27ClN2OW-2. The van der Waals surface area contributed by atoms with Gasteiger partial charge in [0.05, 0.1) is 0 Å². The van der Waals surface area contributed by atoms with Gasteiger partial charge in [0.1, 0.15) is 5.54 Å². The topological polar surface area (TPSA) is 32.3 Å². The first-order valence-electron chi connectivity index (χ1n) is 7.49. The zero-order valence-electron chi connectivity index (χ0n) is 14.5. The van der Waals surface area contributed by atoms with E-state index >= 15 is 0 Å². The van der Waals surface area contributed by atoms with Crippen LogP contribution in [0.25, 0.3) is 0 Å². The van der Waals surface area contributed by atoms with Crippen molar-refractivity contribution in [2.75, 3.05) is 18.9 Å². The molecule has 1 saturated carbocycles. The van der Waals surface area contributed by atoms with Crippen molar-refractivity contribution in [2.45, 2.75) is 45.1 Å². The smallest absolute Gasteiger partial charge is 0.244 e. The summed E-state index contributed by atoms with van der Waals surface area (Å²) < 4.78 is 0. The fraction of sp³-hybridized carbons (Fsp3) is 0.500. The van der Waals surface area contributed by atoms with E-state index < -0.39 is 0 Å². The van der Waals surface area contributed by atoms with E-state index in [-0.39, 0.29) is 39.9 Å². The number of anilines is 1. The molecule has 0 unspecified atom stereocenters. The van der Waals surface area contributed by atoms with Gasteiger partial charge >= 0.3 is 0 Å². The number of carbonyl (C=O) groups is 1. The number of nitrogens with one attached hydrogen (secondary N) is 1. The molecule has 2 rings (SSSR count). The Kier molecular flexibility index (Phi) is 9.05. The largest absolute Gasteiger partial charge is 0.358 e. The van der Waals surface area contributed by atoms with Crippen LogP contribution in [0, 0.1) is 28.2 Å². The fourth-order valence-electron chi connectivity index (χ4n) is 3.08. The number of rotatable bonds is 5. The molecule has 0 aromatic heterocycles. The van der Waals surface area contributed by atoms with Gasteiger partial charge in [-0.3, -0.25) is 9.69 Å². The summed E-state index contributed by atoms with van der Waals surface area (Å²) >= 11 is 6.05. The summed E-state index contributed by atoms with van der Waals surface area (Å²) in [5, 5.41) is 3.83. The quantitative estimate of drug-likeness (QED) is 0.600. The monoisotopic (exact) mass is 506 g/mol. The maximum absolute atomic E-state index is 12.8. The molecule has 1 aromatic carbocycles. The molecular weight excluding hydrogens is 480 g/mol. The first-order valence-corrected chi connectivity index (χ1v) is 7.87. The van der Waals surface area contributed by atoms with Gasteiger partial charge in [0, 0.05) is 31.8 Å². The van der Waals surface area contributed by atoms with Crippen molar-refractivity contribution in [3.63, 3.8) is 0 Å². The zero-order chi connectivity index (χ0) is 15.6. The van der Waals surface area contributed by atoms with Gasteiger partial charge in [-0.15, -0.1) is 0 Å². The van der Waals surface area contributed by atoms with Crippen molar-refractivity contribution < 1.29 is 25.9 Å². The van der Waals surface area contributed by atoms with E-state index in [9.17, 15) is 4.79 Å². The van der Waals surface area contributed by atoms with Crippen LogP contribution < -0.4 is 5.32 Å². The maximum atomic E-state index is 12.8. The average Bonchev–Trinajstić information content (AvgIpc) is 2.32. The van der Waals surface area contributed by atoms with Gasteiger partial charge in [-0.05, 0) is 70.0 Å². The summed E-state index contributed by atoms with van der Waals surface area (Å²) in [6, 6.07) is 3.77. The molecule has 130 valence electrons. The van der Waals surface area contributed by atoms with Gasteiger partial charge in [0.2, 0.25) is 5.91 Å². The zero-order valence-corrected chi connectivity index (χ0v) is 18.2. The molecule has 0 aliphatic heterocycles. The molecule has 0 spiro atoms. The molecule has 1 fully saturated rings. The molecule has 1 aliphatic carbocycles. The number of carbonyl (C=O) groups excluding carboxylic acids is 1. The molecule has 1 N–H and O–H groups in total. The second kappa shape index (κ2) is 9.20. The number of benzene rings is 1. The predicted octanol–water partition coefficient (Wildman–Crippen LogP) is 4.42. The van der Waals surface area contributed by atoms with Crippen LogP contribution in [0.3, 0.4) is 0 Å². The van der Waals surface area contributed by atoms with Gasteiger partial charge < -0.3 is 19.7 Å². The van der Waals surface area contributed by atoms with Crippen molar-refractivity contribution in [3.8, 4) is 0 Å². The summed E-state index contributed by atoms with van der Waals surface area (Å²) in [7, 11) is 2.02. The van der Waals surface area contributed by atoms with Crippen molar-refractivity contribution in [1.82, 2.24) is 4.90 Å². The van der Waals surface area contributed by atoms with Crippen molar-refractivity contribution in [1.29, 1.82) is 0 Å². The third-order valence-electron chi connectivity index (χ3n) is 4.56. The molecule has 23 heavy (non-hydrogen) atoms. The molecule has 0 atom stereocenters. The normalized spacial score (nSPS) is 15.2. The Morgan fingerprint density at radius 2 is 1.87 bits per heavy atom. The molecule has 0 saturated heterocycles. The number of aryl methyl sites for hydroxylation is 2. The van der Waals surface area contributed by atoms with E-state index in [2.05, 4.69) is 17.1 Å². The Balaban J connectivity index is 0.00000242. The number of halogens is 1. The number of amides is 1. The van der Waals surface area contributed by atoms with E-state index in [1.807, 2.05) is 33.0 Å². The van der Waals surface area contributed by atoms with Gasteiger partial charge in [-0.25, -0.2) is 0 Å². The number of hydrogen-bond acceptors (Lipinski definition) is 2. The first kappa shape index (κ1) is 22.6.